The fraction of sp³-hybridized carbons (Fsp3) is 0.750. The van der Waals surface area contributed by atoms with Crippen molar-refractivity contribution in [2.45, 2.75) is 26.7 Å². The van der Waals surface area contributed by atoms with Crippen LogP contribution < -0.4 is 0 Å². The molecule has 1 atom stereocenters. The largest absolute Gasteiger partial charge is 0.143 e. The monoisotopic (exact) mass is 204 g/mol. The molecule has 12 heavy (non-hydrogen) atoms. The van der Waals surface area contributed by atoms with Crippen LogP contribution in [-0.4, -0.2) is 15.5 Å². The molecule has 1 unspecified atom stereocenters. The van der Waals surface area contributed by atoms with E-state index in [0.717, 1.165) is 24.4 Å². The Labute approximate surface area is 82.1 Å². The fourth-order valence-electron chi connectivity index (χ4n) is 1.01. The van der Waals surface area contributed by atoms with Gasteiger partial charge in [-0.05, 0) is 30.8 Å². The molecule has 0 N–H and O–H groups in total. The molecule has 0 amide bonds. The minimum absolute atomic E-state index is 0.576. The topological polar surface area (TPSA) is 25.8 Å². The number of hydrogen-bond acceptors (Lipinski definition) is 3. The SMILES string of the molecule is CCC(CCl)Cc1snnc1C. The maximum Gasteiger partial charge on any atom is 0.0756 e. The van der Waals surface area contributed by atoms with E-state index in [1.807, 2.05) is 6.92 Å². The number of alkyl halides is 1. The Balaban J connectivity index is 2.56. The Bertz CT molecular complexity index is 233. The third kappa shape index (κ3) is 2.42. The number of rotatable bonds is 4. The molecule has 0 aliphatic rings. The Morgan fingerprint density at radius 1 is 1.58 bits per heavy atom. The lowest BCUT2D eigenvalue weighted by atomic mass is 10.0. The minimum Gasteiger partial charge on any atom is -0.143 e. The summed E-state index contributed by atoms with van der Waals surface area (Å²) in [7, 11) is 0. The molecular formula is C8H13ClN2S. The van der Waals surface area contributed by atoms with Gasteiger partial charge >= 0.3 is 0 Å². The van der Waals surface area contributed by atoms with Crippen LogP contribution in [0.25, 0.3) is 0 Å². The summed E-state index contributed by atoms with van der Waals surface area (Å²) in [5.74, 6) is 1.31. The summed E-state index contributed by atoms with van der Waals surface area (Å²) < 4.78 is 3.89. The highest BCUT2D eigenvalue weighted by Crippen LogP contribution is 2.18. The van der Waals surface area contributed by atoms with Crippen LogP contribution >= 0.6 is 23.1 Å². The summed E-state index contributed by atoms with van der Waals surface area (Å²) in [5.41, 5.74) is 1.06. The van der Waals surface area contributed by atoms with Gasteiger partial charge in [0.15, 0.2) is 0 Å². The van der Waals surface area contributed by atoms with Gasteiger partial charge in [-0.15, -0.1) is 16.7 Å². The van der Waals surface area contributed by atoms with E-state index in [1.54, 1.807) is 0 Å². The van der Waals surface area contributed by atoms with Crippen LogP contribution in [0.5, 0.6) is 0 Å². The smallest absolute Gasteiger partial charge is 0.0756 e. The lowest BCUT2D eigenvalue weighted by molar-refractivity contribution is 0.569. The van der Waals surface area contributed by atoms with E-state index < -0.39 is 0 Å². The molecule has 0 bridgehead atoms. The summed E-state index contributed by atoms with van der Waals surface area (Å²) in [6.07, 6.45) is 2.16. The van der Waals surface area contributed by atoms with Crippen LogP contribution in [-0.2, 0) is 6.42 Å². The zero-order valence-corrected chi connectivity index (χ0v) is 8.95. The molecule has 2 nitrogen and oxygen atoms in total. The summed E-state index contributed by atoms with van der Waals surface area (Å²) in [6.45, 7) is 4.16. The average molecular weight is 205 g/mol. The number of aryl methyl sites for hydroxylation is 1. The first kappa shape index (κ1) is 9.93. The van der Waals surface area contributed by atoms with Crippen LogP contribution in [0.1, 0.15) is 23.9 Å². The average Bonchev–Trinajstić information content (AvgIpc) is 2.47. The van der Waals surface area contributed by atoms with Crippen molar-refractivity contribution in [1.29, 1.82) is 0 Å². The highest BCUT2D eigenvalue weighted by molar-refractivity contribution is 7.05. The molecule has 0 spiro atoms. The van der Waals surface area contributed by atoms with E-state index >= 15 is 0 Å². The van der Waals surface area contributed by atoms with Crippen LogP contribution in [0, 0.1) is 12.8 Å². The Kier molecular flexibility index (Phi) is 3.95. The van der Waals surface area contributed by atoms with Gasteiger partial charge in [-0.2, -0.15) is 0 Å². The van der Waals surface area contributed by atoms with E-state index in [0.29, 0.717) is 5.92 Å². The number of hydrogen-bond donors (Lipinski definition) is 0. The second-order valence-corrected chi connectivity index (χ2v) is 4.06. The first-order valence-electron chi connectivity index (χ1n) is 4.11. The third-order valence-electron chi connectivity index (χ3n) is 2.02. The lowest BCUT2D eigenvalue weighted by Gasteiger charge is -2.08. The summed E-state index contributed by atoms with van der Waals surface area (Å²) in [6, 6.07) is 0. The van der Waals surface area contributed by atoms with E-state index in [4.69, 9.17) is 11.6 Å². The van der Waals surface area contributed by atoms with Crippen LogP contribution in [0.2, 0.25) is 0 Å². The van der Waals surface area contributed by atoms with Crippen molar-refractivity contribution in [1.82, 2.24) is 9.59 Å². The number of halogens is 1. The predicted molar refractivity (Wildman–Crippen MR) is 52.9 cm³/mol. The second-order valence-electron chi connectivity index (χ2n) is 2.91. The van der Waals surface area contributed by atoms with Gasteiger partial charge in [0.25, 0.3) is 0 Å². The van der Waals surface area contributed by atoms with E-state index in [-0.39, 0.29) is 0 Å². The van der Waals surface area contributed by atoms with Crippen molar-refractivity contribution in [2.75, 3.05) is 5.88 Å². The molecule has 1 aromatic rings. The van der Waals surface area contributed by atoms with E-state index in [2.05, 4.69) is 16.5 Å². The van der Waals surface area contributed by atoms with Crippen LogP contribution in [0.15, 0.2) is 0 Å². The standard InChI is InChI=1S/C8H13ClN2S/c1-3-7(5-9)4-8-6(2)10-11-12-8/h7H,3-5H2,1-2H3. The van der Waals surface area contributed by atoms with Gasteiger partial charge in [0, 0.05) is 10.8 Å². The summed E-state index contributed by atoms with van der Waals surface area (Å²) in [5, 5.41) is 3.96. The van der Waals surface area contributed by atoms with Crippen molar-refractivity contribution in [3.63, 3.8) is 0 Å². The Morgan fingerprint density at radius 2 is 2.33 bits per heavy atom. The molecular weight excluding hydrogens is 192 g/mol. The predicted octanol–water partition coefficient (Wildman–Crippen LogP) is 2.65. The van der Waals surface area contributed by atoms with Crippen molar-refractivity contribution in [3.8, 4) is 0 Å². The van der Waals surface area contributed by atoms with E-state index in [9.17, 15) is 0 Å². The molecule has 0 saturated carbocycles. The normalized spacial score (nSPS) is 13.2. The summed E-state index contributed by atoms with van der Waals surface area (Å²) >= 11 is 7.29. The molecule has 0 aromatic carbocycles. The highest BCUT2D eigenvalue weighted by Gasteiger charge is 2.10. The molecule has 1 aromatic heterocycles. The summed E-state index contributed by atoms with van der Waals surface area (Å²) in [4.78, 5) is 1.28. The van der Waals surface area contributed by atoms with Gasteiger partial charge in [0.2, 0.25) is 0 Å². The van der Waals surface area contributed by atoms with Crippen molar-refractivity contribution in [2.24, 2.45) is 5.92 Å². The molecule has 1 rings (SSSR count). The first-order chi connectivity index (χ1) is 5.77. The van der Waals surface area contributed by atoms with Gasteiger partial charge < -0.3 is 0 Å². The maximum absolute atomic E-state index is 5.80. The molecule has 1 heterocycles. The minimum atomic E-state index is 0.576. The van der Waals surface area contributed by atoms with Gasteiger partial charge in [-0.1, -0.05) is 17.8 Å². The number of nitrogens with zero attached hydrogens (tertiary/aromatic N) is 2. The molecule has 0 fully saturated rings. The van der Waals surface area contributed by atoms with Gasteiger partial charge in [0.05, 0.1) is 5.69 Å². The van der Waals surface area contributed by atoms with Gasteiger partial charge in [-0.3, -0.25) is 0 Å². The highest BCUT2D eigenvalue weighted by atomic mass is 35.5. The second kappa shape index (κ2) is 4.77. The van der Waals surface area contributed by atoms with Crippen molar-refractivity contribution < 1.29 is 0 Å². The molecule has 0 aliphatic carbocycles. The molecule has 4 heteroatoms. The molecule has 0 saturated heterocycles. The fourth-order valence-corrected chi connectivity index (χ4v) is 2.08. The molecule has 0 radical (unpaired) electrons. The van der Waals surface area contributed by atoms with E-state index in [1.165, 1.54) is 16.4 Å². The molecule has 0 aliphatic heterocycles. The maximum atomic E-state index is 5.80. The first-order valence-corrected chi connectivity index (χ1v) is 5.42. The van der Waals surface area contributed by atoms with Crippen LogP contribution in [0.4, 0.5) is 0 Å². The third-order valence-corrected chi connectivity index (χ3v) is 3.30. The quantitative estimate of drug-likeness (QED) is 0.705. The zero-order chi connectivity index (χ0) is 8.97. The lowest BCUT2D eigenvalue weighted by Crippen LogP contribution is -2.04. The van der Waals surface area contributed by atoms with Crippen molar-refractivity contribution in [3.05, 3.63) is 10.6 Å². The van der Waals surface area contributed by atoms with Gasteiger partial charge in [-0.25, -0.2) is 0 Å². The number of aromatic nitrogens is 2. The van der Waals surface area contributed by atoms with Gasteiger partial charge in [0.1, 0.15) is 0 Å². The Hall–Kier alpha value is -0.150. The zero-order valence-electron chi connectivity index (χ0n) is 7.38. The van der Waals surface area contributed by atoms with Crippen molar-refractivity contribution >= 4 is 23.1 Å². The molecule has 68 valence electrons. The van der Waals surface area contributed by atoms with Crippen LogP contribution in [0.3, 0.4) is 0 Å². The Morgan fingerprint density at radius 3 is 2.75 bits per heavy atom.